The average Bonchev–Trinajstić information content (AvgIpc) is 2.86. The Bertz CT molecular complexity index is 832. The predicted octanol–water partition coefficient (Wildman–Crippen LogP) is 4.62. The maximum absolute atomic E-state index is 12.7. The molecule has 3 rings (SSSR count). The molecule has 1 aliphatic heterocycles. The molecule has 0 atom stereocenters. The van der Waals surface area contributed by atoms with Crippen LogP contribution in [-0.2, 0) is 12.7 Å². The highest BCUT2D eigenvalue weighted by Crippen LogP contribution is 2.29. The van der Waals surface area contributed by atoms with Crippen molar-refractivity contribution in [2.45, 2.75) is 33.0 Å². The fourth-order valence-electron chi connectivity index (χ4n) is 3.48. The molecule has 1 aromatic carbocycles. The molecule has 1 N–H and O–H groups in total. The van der Waals surface area contributed by atoms with Gasteiger partial charge in [0.1, 0.15) is 5.82 Å². The fraction of sp³-hybridized carbons (Fsp3) is 0.429. The molecule has 1 fully saturated rings. The molecule has 1 saturated heterocycles. The number of anilines is 1. The van der Waals surface area contributed by atoms with E-state index in [-0.39, 0.29) is 0 Å². The summed E-state index contributed by atoms with van der Waals surface area (Å²) >= 11 is 5.57. The number of nitrogens with one attached hydrogen (secondary N) is 1. The number of pyridine rings is 1. The smallest absolute Gasteiger partial charge is 0.348 e. The number of aryl methyl sites for hydroxylation is 2. The molecule has 0 saturated carbocycles. The third kappa shape index (κ3) is 6.14. The molecule has 0 radical (unpaired) electrons. The van der Waals surface area contributed by atoms with E-state index in [4.69, 9.17) is 12.2 Å². The minimum absolute atomic E-state index is 0.611. The Morgan fingerprint density at radius 1 is 1.07 bits per heavy atom. The summed E-state index contributed by atoms with van der Waals surface area (Å²) in [6.45, 7) is 7.87. The second-order valence-electron chi connectivity index (χ2n) is 7.41. The van der Waals surface area contributed by atoms with Crippen LogP contribution in [0.2, 0.25) is 0 Å². The summed E-state index contributed by atoms with van der Waals surface area (Å²) in [7, 11) is 0. The summed E-state index contributed by atoms with van der Waals surface area (Å²) in [6, 6.07) is 9.39. The molecule has 1 aliphatic rings. The molecule has 0 spiro atoms. The summed E-state index contributed by atoms with van der Waals surface area (Å²) in [5.41, 5.74) is 2.33. The minimum Gasteiger partial charge on any atom is -0.348 e. The number of thiocarbonyl (C=S) groups is 1. The molecule has 0 amide bonds. The van der Waals surface area contributed by atoms with Crippen molar-refractivity contribution in [3.8, 4) is 0 Å². The van der Waals surface area contributed by atoms with E-state index in [0.717, 1.165) is 67.4 Å². The summed E-state index contributed by atoms with van der Waals surface area (Å²) in [4.78, 5) is 8.85. The van der Waals surface area contributed by atoms with Gasteiger partial charge in [0.05, 0.1) is 5.56 Å². The number of alkyl halides is 3. The number of hydrogen-bond acceptors (Lipinski definition) is 3. The highest BCUT2D eigenvalue weighted by molar-refractivity contribution is 7.80. The van der Waals surface area contributed by atoms with Crippen LogP contribution in [0.3, 0.4) is 0 Å². The Kier molecular flexibility index (Phi) is 6.74. The van der Waals surface area contributed by atoms with Crippen molar-refractivity contribution >= 4 is 23.1 Å². The minimum atomic E-state index is -4.30. The summed E-state index contributed by atoms with van der Waals surface area (Å²) in [6.07, 6.45) is -3.36. The summed E-state index contributed by atoms with van der Waals surface area (Å²) < 4.78 is 38.1. The zero-order valence-corrected chi connectivity index (χ0v) is 17.4. The number of aromatic nitrogens is 1. The van der Waals surface area contributed by atoms with Crippen molar-refractivity contribution in [3.63, 3.8) is 0 Å². The molecular weight excluding hydrogens is 397 g/mol. The van der Waals surface area contributed by atoms with E-state index < -0.39 is 11.7 Å². The van der Waals surface area contributed by atoms with Crippen LogP contribution in [0.4, 0.5) is 19.0 Å². The number of hydrogen-bond donors (Lipinski definition) is 1. The SMILES string of the molecule is Cc1cc(C)nc(NC(=S)N2CCCN(Cc3ccc(C(F)(F)F)cc3)CC2)c1. The third-order valence-electron chi connectivity index (χ3n) is 4.90. The van der Waals surface area contributed by atoms with E-state index in [1.54, 1.807) is 12.1 Å². The van der Waals surface area contributed by atoms with Gasteiger partial charge in [0, 0.05) is 38.4 Å². The molecule has 8 heteroatoms. The maximum atomic E-state index is 12.7. The zero-order valence-electron chi connectivity index (χ0n) is 16.6. The van der Waals surface area contributed by atoms with E-state index >= 15 is 0 Å². The summed E-state index contributed by atoms with van der Waals surface area (Å²) in [5, 5.41) is 3.88. The summed E-state index contributed by atoms with van der Waals surface area (Å²) in [5.74, 6) is 0.748. The first-order valence-electron chi connectivity index (χ1n) is 9.60. The Balaban J connectivity index is 1.55. The van der Waals surface area contributed by atoms with Gasteiger partial charge >= 0.3 is 6.18 Å². The molecule has 156 valence electrons. The number of nitrogens with zero attached hydrogens (tertiary/aromatic N) is 3. The number of benzene rings is 1. The van der Waals surface area contributed by atoms with Gasteiger partial charge in [-0.25, -0.2) is 4.98 Å². The van der Waals surface area contributed by atoms with Crippen molar-refractivity contribution in [1.82, 2.24) is 14.8 Å². The van der Waals surface area contributed by atoms with E-state index in [2.05, 4.69) is 20.1 Å². The van der Waals surface area contributed by atoms with Crippen LogP contribution >= 0.6 is 12.2 Å². The quantitative estimate of drug-likeness (QED) is 0.730. The monoisotopic (exact) mass is 422 g/mol. The predicted molar refractivity (Wildman–Crippen MR) is 113 cm³/mol. The van der Waals surface area contributed by atoms with Crippen molar-refractivity contribution in [2.24, 2.45) is 0 Å². The highest BCUT2D eigenvalue weighted by atomic mass is 32.1. The number of halogens is 3. The van der Waals surface area contributed by atoms with Crippen molar-refractivity contribution in [1.29, 1.82) is 0 Å². The van der Waals surface area contributed by atoms with Crippen LogP contribution < -0.4 is 5.32 Å². The Hall–Kier alpha value is -2.19. The first-order valence-corrected chi connectivity index (χ1v) is 10.0. The van der Waals surface area contributed by atoms with E-state index in [9.17, 15) is 13.2 Å². The molecule has 0 unspecified atom stereocenters. The average molecular weight is 423 g/mol. The largest absolute Gasteiger partial charge is 0.416 e. The van der Waals surface area contributed by atoms with Gasteiger partial charge in [-0.3, -0.25) is 4.90 Å². The van der Waals surface area contributed by atoms with Crippen molar-refractivity contribution in [3.05, 3.63) is 58.8 Å². The second-order valence-corrected chi connectivity index (χ2v) is 7.80. The van der Waals surface area contributed by atoms with Gasteiger partial charge in [-0.1, -0.05) is 12.1 Å². The van der Waals surface area contributed by atoms with E-state index in [1.807, 2.05) is 26.0 Å². The second kappa shape index (κ2) is 9.09. The van der Waals surface area contributed by atoms with Crippen LogP contribution in [0.1, 0.15) is 28.8 Å². The maximum Gasteiger partial charge on any atom is 0.416 e. The van der Waals surface area contributed by atoms with Gasteiger partial charge in [0.15, 0.2) is 5.11 Å². The Morgan fingerprint density at radius 2 is 1.79 bits per heavy atom. The molecule has 0 aliphatic carbocycles. The third-order valence-corrected chi connectivity index (χ3v) is 5.26. The molecular formula is C21H25F3N4S. The topological polar surface area (TPSA) is 31.4 Å². The molecule has 1 aromatic heterocycles. The van der Waals surface area contributed by atoms with Gasteiger partial charge < -0.3 is 10.2 Å². The first kappa shape index (κ1) is 21.5. The Morgan fingerprint density at radius 3 is 2.45 bits per heavy atom. The zero-order chi connectivity index (χ0) is 21.0. The van der Waals surface area contributed by atoms with E-state index in [0.29, 0.717) is 11.7 Å². The number of rotatable bonds is 3. The van der Waals surface area contributed by atoms with Gasteiger partial charge in [-0.15, -0.1) is 0 Å². The molecule has 2 heterocycles. The van der Waals surface area contributed by atoms with Crippen molar-refractivity contribution in [2.75, 3.05) is 31.5 Å². The van der Waals surface area contributed by atoms with Gasteiger partial charge in [0.2, 0.25) is 0 Å². The first-order chi connectivity index (χ1) is 13.7. The molecule has 2 aromatic rings. The van der Waals surface area contributed by atoms with Gasteiger partial charge in [0.25, 0.3) is 0 Å². The van der Waals surface area contributed by atoms with Crippen LogP contribution in [0, 0.1) is 13.8 Å². The lowest BCUT2D eigenvalue weighted by molar-refractivity contribution is -0.137. The molecule has 29 heavy (non-hydrogen) atoms. The normalized spacial score (nSPS) is 15.8. The fourth-order valence-corrected chi connectivity index (χ4v) is 3.77. The standard InChI is InChI=1S/C21H25F3N4S/c1-15-12-16(2)25-19(13-15)26-20(29)28-9-3-8-27(10-11-28)14-17-4-6-18(7-5-17)21(22,23)24/h4-7,12-13H,3,8-11,14H2,1-2H3,(H,25,26,29). The van der Waals surface area contributed by atoms with Crippen LogP contribution in [0.15, 0.2) is 36.4 Å². The van der Waals surface area contributed by atoms with Gasteiger partial charge in [-0.05, 0) is 67.9 Å². The van der Waals surface area contributed by atoms with Crippen molar-refractivity contribution < 1.29 is 13.2 Å². The van der Waals surface area contributed by atoms with Crippen LogP contribution in [-0.4, -0.2) is 46.1 Å². The lowest BCUT2D eigenvalue weighted by Crippen LogP contribution is -2.38. The Labute approximate surface area is 174 Å². The van der Waals surface area contributed by atoms with Crippen LogP contribution in [0.25, 0.3) is 0 Å². The highest BCUT2D eigenvalue weighted by Gasteiger charge is 2.30. The molecule has 0 bridgehead atoms. The lowest BCUT2D eigenvalue weighted by atomic mass is 10.1. The lowest BCUT2D eigenvalue weighted by Gasteiger charge is -2.24. The van der Waals surface area contributed by atoms with E-state index in [1.165, 1.54) is 0 Å². The molecule has 4 nitrogen and oxygen atoms in total. The van der Waals surface area contributed by atoms with Crippen LogP contribution in [0.5, 0.6) is 0 Å². The van der Waals surface area contributed by atoms with Gasteiger partial charge in [-0.2, -0.15) is 13.2 Å².